The molecule has 0 spiro atoms. The van der Waals surface area contributed by atoms with Gasteiger partial charge in [-0.15, -0.1) is 11.3 Å². The maximum atomic E-state index is 6.09. The molecule has 1 aromatic carbocycles. The van der Waals surface area contributed by atoms with Crippen molar-refractivity contribution in [3.63, 3.8) is 0 Å². The summed E-state index contributed by atoms with van der Waals surface area (Å²) in [4.78, 5) is 10.2. The summed E-state index contributed by atoms with van der Waals surface area (Å²) in [5, 5.41) is 1.90. The van der Waals surface area contributed by atoms with Crippen LogP contribution in [0.1, 0.15) is 4.88 Å². The Hall–Kier alpha value is -1.07. The van der Waals surface area contributed by atoms with Crippen LogP contribution < -0.4 is 4.74 Å². The molecule has 7 heteroatoms. The van der Waals surface area contributed by atoms with E-state index in [0.717, 1.165) is 15.1 Å². The highest BCUT2D eigenvalue weighted by atomic mass is 35.5. The van der Waals surface area contributed by atoms with Gasteiger partial charge in [0.15, 0.2) is 0 Å². The number of aryl methyl sites for hydroxylation is 1. The van der Waals surface area contributed by atoms with Crippen LogP contribution in [0.2, 0.25) is 15.3 Å². The molecule has 2 heterocycles. The van der Waals surface area contributed by atoms with Gasteiger partial charge in [-0.1, -0.05) is 23.2 Å². The number of halogens is 3. The summed E-state index contributed by atoms with van der Waals surface area (Å²) >= 11 is 19.4. The van der Waals surface area contributed by atoms with E-state index in [1.54, 1.807) is 18.2 Å². The summed E-state index contributed by atoms with van der Waals surface area (Å²) in [7, 11) is 0. The Labute approximate surface area is 134 Å². The quantitative estimate of drug-likeness (QED) is 0.554. The van der Waals surface area contributed by atoms with Gasteiger partial charge in [0, 0.05) is 9.90 Å². The highest BCUT2D eigenvalue weighted by molar-refractivity contribution is 7.18. The molecule has 3 rings (SSSR count). The number of hydrogen-bond donors (Lipinski definition) is 0. The minimum atomic E-state index is 0.138. The van der Waals surface area contributed by atoms with Crippen molar-refractivity contribution >= 4 is 56.4 Å². The maximum absolute atomic E-state index is 6.09. The molecule has 0 fully saturated rings. The molecule has 102 valence electrons. The molecule has 0 aliphatic heterocycles. The molecule has 0 atom stereocenters. The molecule has 0 N–H and O–H groups in total. The Morgan fingerprint density at radius 1 is 1.10 bits per heavy atom. The zero-order valence-corrected chi connectivity index (χ0v) is 13.2. The van der Waals surface area contributed by atoms with Gasteiger partial charge >= 0.3 is 0 Å². The third kappa shape index (κ3) is 2.69. The topological polar surface area (TPSA) is 35.0 Å². The van der Waals surface area contributed by atoms with Gasteiger partial charge < -0.3 is 4.74 Å². The average Bonchev–Trinajstić information content (AvgIpc) is 2.73. The monoisotopic (exact) mass is 344 g/mol. The van der Waals surface area contributed by atoms with E-state index < -0.39 is 0 Å². The van der Waals surface area contributed by atoms with E-state index in [9.17, 15) is 0 Å². The molecule has 0 amide bonds. The largest absolute Gasteiger partial charge is 0.437 e. The van der Waals surface area contributed by atoms with Crippen LogP contribution in [0.25, 0.3) is 10.2 Å². The summed E-state index contributed by atoms with van der Waals surface area (Å²) in [6.07, 6.45) is 0. The highest BCUT2D eigenvalue weighted by Gasteiger charge is 2.13. The Balaban J connectivity index is 2.10. The molecular weight excluding hydrogens is 339 g/mol. The standard InChI is InChI=1S/C13H7Cl3N2OS/c1-6-4-8-11(17-13(16)18-12(8)20-6)19-10-3-2-7(14)5-9(10)15/h2-5H,1H3. The van der Waals surface area contributed by atoms with Crippen molar-refractivity contribution in [3.8, 4) is 11.6 Å². The van der Waals surface area contributed by atoms with Crippen molar-refractivity contribution in [2.75, 3.05) is 0 Å². The van der Waals surface area contributed by atoms with E-state index in [-0.39, 0.29) is 5.28 Å². The third-order valence-electron chi connectivity index (χ3n) is 2.55. The van der Waals surface area contributed by atoms with Gasteiger partial charge in [0.1, 0.15) is 10.6 Å². The van der Waals surface area contributed by atoms with Gasteiger partial charge in [0.25, 0.3) is 0 Å². The molecule has 20 heavy (non-hydrogen) atoms. The predicted octanol–water partition coefficient (Wildman–Crippen LogP) is 5.75. The van der Waals surface area contributed by atoms with Crippen molar-refractivity contribution in [1.29, 1.82) is 0 Å². The number of fused-ring (bicyclic) bond motifs is 1. The van der Waals surface area contributed by atoms with Crippen molar-refractivity contribution in [2.24, 2.45) is 0 Å². The van der Waals surface area contributed by atoms with Crippen LogP contribution in [0.4, 0.5) is 0 Å². The number of hydrogen-bond acceptors (Lipinski definition) is 4. The highest BCUT2D eigenvalue weighted by Crippen LogP contribution is 2.36. The van der Waals surface area contributed by atoms with Gasteiger partial charge in [-0.25, -0.2) is 4.98 Å². The fourth-order valence-electron chi connectivity index (χ4n) is 1.73. The van der Waals surface area contributed by atoms with Crippen molar-refractivity contribution in [2.45, 2.75) is 6.92 Å². The zero-order chi connectivity index (χ0) is 14.3. The fourth-order valence-corrected chi connectivity index (χ4v) is 3.26. The smallest absolute Gasteiger partial charge is 0.232 e. The van der Waals surface area contributed by atoms with Crippen LogP contribution in [0, 0.1) is 6.92 Å². The fraction of sp³-hybridized carbons (Fsp3) is 0.0769. The lowest BCUT2D eigenvalue weighted by Gasteiger charge is -2.07. The van der Waals surface area contributed by atoms with Crippen LogP contribution in [0.3, 0.4) is 0 Å². The minimum absolute atomic E-state index is 0.138. The average molecular weight is 346 g/mol. The molecule has 0 unspecified atom stereocenters. The number of thiophene rings is 1. The molecule has 0 aliphatic rings. The number of rotatable bonds is 2. The number of nitrogens with zero attached hydrogens (tertiary/aromatic N) is 2. The molecular formula is C13H7Cl3N2OS. The molecule has 0 aliphatic carbocycles. The second-order valence-corrected chi connectivity index (χ2v) is 6.47. The zero-order valence-electron chi connectivity index (χ0n) is 10.2. The second kappa shape index (κ2) is 5.37. The molecule has 0 saturated heterocycles. The first-order valence-electron chi connectivity index (χ1n) is 5.59. The number of benzene rings is 1. The predicted molar refractivity (Wildman–Crippen MR) is 83.7 cm³/mol. The van der Waals surface area contributed by atoms with E-state index in [1.807, 2.05) is 13.0 Å². The van der Waals surface area contributed by atoms with Gasteiger partial charge in [-0.05, 0) is 42.8 Å². The van der Waals surface area contributed by atoms with Gasteiger partial charge in [-0.3, -0.25) is 0 Å². The molecule has 0 bridgehead atoms. The second-order valence-electron chi connectivity index (χ2n) is 4.05. The van der Waals surface area contributed by atoms with E-state index in [4.69, 9.17) is 39.5 Å². The Morgan fingerprint density at radius 2 is 1.90 bits per heavy atom. The van der Waals surface area contributed by atoms with Crippen LogP contribution in [-0.2, 0) is 0 Å². The summed E-state index contributed by atoms with van der Waals surface area (Å²) in [5.41, 5.74) is 0. The first-order chi connectivity index (χ1) is 9.52. The van der Waals surface area contributed by atoms with Crippen LogP contribution in [0.15, 0.2) is 24.3 Å². The Bertz CT molecular complexity index is 804. The summed E-state index contributed by atoms with van der Waals surface area (Å²) in [6.45, 7) is 1.99. The SMILES string of the molecule is Cc1cc2c(Oc3ccc(Cl)cc3Cl)nc(Cl)nc2s1. The van der Waals surface area contributed by atoms with Gasteiger partial charge in [0.2, 0.25) is 11.2 Å². The summed E-state index contributed by atoms with van der Waals surface area (Å²) < 4.78 is 5.75. The van der Waals surface area contributed by atoms with Crippen LogP contribution in [0.5, 0.6) is 11.6 Å². The first-order valence-corrected chi connectivity index (χ1v) is 7.54. The Morgan fingerprint density at radius 3 is 2.65 bits per heavy atom. The maximum Gasteiger partial charge on any atom is 0.232 e. The lowest BCUT2D eigenvalue weighted by Crippen LogP contribution is -1.91. The van der Waals surface area contributed by atoms with Crippen molar-refractivity contribution in [1.82, 2.24) is 9.97 Å². The number of aromatic nitrogens is 2. The molecule has 0 radical (unpaired) electrons. The molecule has 3 aromatic rings. The minimum Gasteiger partial charge on any atom is -0.437 e. The number of ether oxygens (including phenoxy) is 1. The lowest BCUT2D eigenvalue weighted by molar-refractivity contribution is 0.468. The summed E-state index contributed by atoms with van der Waals surface area (Å²) in [6, 6.07) is 6.94. The van der Waals surface area contributed by atoms with Crippen molar-refractivity contribution < 1.29 is 4.74 Å². The van der Waals surface area contributed by atoms with Gasteiger partial charge in [0.05, 0.1) is 10.4 Å². The van der Waals surface area contributed by atoms with Crippen LogP contribution in [-0.4, -0.2) is 9.97 Å². The first kappa shape index (κ1) is 13.9. The lowest BCUT2D eigenvalue weighted by atomic mass is 10.3. The van der Waals surface area contributed by atoms with Crippen LogP contribution >= 0.6 is 46.1 Å². The van der Waals surface area contributed by atoms with E-state index in [0.29, 0.717) is 21.7 Å². The Kier molecular flexibility index (Phi) is 3.73. The van der Waals surface area contributed by atoms with E-state index in [2.05, 4.69) is 9.97 Å². The van der Waals surface area contributed by atoms with Gasteiger partial charge in [-0.2, -0.15) is 4.98 Å². The third-order valence-corrected chi connectivity index (χ3v) is 4.20. The summed E-state index contributed by atoms with van der Waals surface area (Å²) in [5.74, 6) is 0.851. The van der Waals surface area contributed by atoms with E-state index in [1.165, 1.54) is 11.3 Å². The van der Waals surface area contributed by atoms with E-state index >= 15 is 0 Å². The molecule has 2 aromatic heterocycles. The normalized spacial score (nSPS) is 11.0. The molecule has 3 nitrogen and oxygen atoms in total. The van der Waals surface area contributed by atoms with Crippen molar-refractivity contribution in [3.05, 3.63) is 44.5 Å². The molecule has 0 saturated carbocycles.